The summed E-state index contributed by atoms with van der Waals surface area (Å²) >= 11 is 6.02. The predicted octanol–water partition coefficient (Wildman–Crippen LogP) is 1.85. The molecule has 7 heteroatoms. The lowest BCUT2D eigenvalue weighted by Gasteiger charge is -2.28. The molecule has 1 atom stereocenters. The Morgan fingerprint density at radius 2 is 2.10 bits per heavy atom. The SMILES string of the molecule is Nc1cccc(Cl)c1S(=O)(=O)N1CCCCCC1CO. The van der Waals surface area contributed by atoms with E-state index in [1.807, 2.05) is 0 Å². The van der Waals surface area contributed by atoms with E-state index in [9.17, 15) is 13.5 Å². The number of aliphatic hydroxyl groups is 1. The summed E-state index contributed by atoms with van der Waals surface area (Å²) in [5.74, 6) is 0. The van der Waals surface area contributed by atoms with Crippen molar-refractivity contribution in [2.24, 2.45) is 0 Å². The number of nitrogens with zero attached hydrogens (tertiary/aromatic N) is 1. The quantitative estimate of drug-likeness (QED) is 0.833. The molecular weight excluding hydrogens is 300 g/mol. The summed E-state index contributed by atoms with van der Waals surface area (Å²) < 4.78 is 26.9. The zero-order chi connectivity index (χ0) is 14.8. The van der Waals surface area contributed by atoms with Gasteiger partial charge in [-0.25, -0.2) is 8.42 Å². The lowest BCUT2D eigenvalue weighted by Crippen LogP contribution is -2.42. The third-order valence-electron chi connectivity index (χ3n) is 3.60. The van der Waals surface area contributed by atoms with E-state index >= 15 is 0 Å². The first-order valence-electron chi connectivity index (χ1n) is 6.65. The minimum Gasteiger partial charge on any atom is -0.398 e. The van der Waals surface area contributed by atoms with Gasteiger partial charge in [0.15, 0.2) is 0 Å². The summed E-state index contributed by atoms with van der Waals surface area (Å²) in [5, 5.41) is 9.58. The molecular formula is C13H19ClN2O3S. The Kier molecular flexibility index (Phi) is 4.90. The standard InChI is InChI=1S/C13H19ClN2O3S/c14-11-6-4-7-12(15)13(11)20(18,19)16-8-3-1-2-5-10(16)9-17/h4,6-7,10,17H,1-3,5,8-9,15H2. The first-order chi connectivity index (χ1) is 9.48. The highest BCUT2D eigenvalue weighted by atomic mass is 35.5. The highest BCUT2D eigenvalue weighted by Crippen LogP contribution is 2.32. The molecule has 0 aromatic heterocycles. The van der Waals surface area contributed by atoms with Crippen LogP contribution in [0.25, 0.3) is 0 Å². The number of benzene rings is 1. The molecule has 1 unspecified atom stereocenters. The predicted molar refractivity (Wildman–Crippen MR) is 79.1 cm³/mol. The average molecular weight is 319 g/mol. The number of rotatable bonds is 3. The Balaban J connectivity index is 2.47. The molecule has 2 rings (SSSR count). The highest BCUT2D eigenvalue weighted by Gasteiger charge is 2.34. The number of halogens is 1. The van der Waals surface area contributed by atoms with Crippen molar-refractivity contribution in [1.82, 2.24) is 4.31 Å². The van der Waals surface area contributed by atoms with Gasteiger partial charge in [-0.1, -0.05) is 30.5 Å². The Morgan fingerprint density at radius 1 is 1.35 bits per heavy atom. The topological polar surface area (TPSA) is 83.6 Å². The molecule has 1 fully saturated rings. The van der Waals surface area contributed by atoms with E-state index in [-0.39, 0.29) is 22.2 Å². The molecule has 1 aliphatic rings. The molecule has 1 heterocycles. The molecule has 5 nitrogen and oxygen atoms in total. The first kappa shape index (κ1) is 15.6. The van der Waals surface area contributed by atoms with Gasteiger partial charge < -0.3 is 10.8 Å². The largest absolute Gasteiger partial charge is 0.398 e. The molecule has 20 heavy (non-hydrogen) atoms. The van der Waals surface area contributed by atoms with Crippen molar-refractivity contribution in [1.29, 1.82) is 0 Å². The maximum Gasteiger partial charge on any atom is 0.246 e. The summed E-state index contributed by atoms with van der Waals surface area (Å²) in [6, 6.07) is 4.24. The number of anilines is 1. The fourth-order valence-corrected chi connectivity index (χ4v) is 4.89. The summed E-state index contributed by atoms with van der Waals surface area (Å²) in [6.45, 7) is 0.196. The van der Waals surface area contributed by atoms with Gasteiger partial charge in [0.25, 0.3) is 0 Å². The Morgan fingerprint density at radius 3 is 2.75 bits per heavy atom. The van der Waals surface area contributed by atoms with Crippen molar-refractivity contribution >= 4 is 27.3 Å². The van der Waals surface area contributed by atoms with E-state index in [2.05, 4.69) is 0 Å². The molecule has 112 valence electrons. The van der Waals surface area contributed by atoms with E-state index in [4.69, 9.17) is 17.3 Å². The maximum absolute atomic E-state index is 12.8. The number of nitrogens with two attached hydrogens (primary N) is 1. The van der Waals surface area contributed by atoms with Gasteiger partial charge in [0.05, 0.1) is 17.3 Å². The summed E-state index contributed by atoms with van der Waals surface area (Å²) in [7, 11) is -3.79. The molecule has 1 aliphatic heterocycles. The van der Waals surface area contributed by atoms with Crippen molar-refractivity contribution in [3.05, 3.63) is 23.2 Å². The number of hydrogen-bond acceptors (Lipinski definition) is 4. The van der Waals surface area contributed by atoms with Crippen LogP contribution in [-0.4, -0.2) is 37.0 Å². The summed E-state index contributed by atoms with van der Waals surface area (Å²) in [6.07, 6.45) is 3.30. The van der Waals surface area contributed by atoms with Crippen LogP contribution in [0.2, 0.25) is 5.02 Å². The molecule has 0 radical (unpaired) electrons. The fourth-order valence-electron chi connectivity index (χ4n) is 2.56. The lowest BCUT2D eigenvalue weighted by atomic mass is 10.1. The highest BCUT2D eigenvalue weighted by molar-refractivity contribution is 7.89. The van der Waals surface area contributed by atoms with E-state index in [0.717, 1.165) is 19.3 Å². The van der Waals surface area contributed by atoms with Gasteiger partial charge in [-0.15, -0.1) is 0 Å². The van der Waals surface area contributed by atoms with Crippen molar-refractivity contribution < 1.29 is 13.5 Å². The van der Waals surface area contributed by atoms with E-state index in [1.54, 1.807) is 6.07 Å². The minimum absolute atomic E-state index is 0.0537. The van der Waals surface area contributed by atoms with Crippen LogP contribution in [0.5, 0.6) is 0 Å². The van der Waals surface area contributed by atoms with Crippen LogP contribution in [0.1, 0.15) is 25.7 Å². The van der Waals surface area contributed by atoms with Crippen molar-refractivity contribution in [3.63, 3.8) is 0 Å². The summed E-state index contributed by atoms with van der Waals surface area (Å²) in [4.78, 5) is -0.0537. The Labute approximate surface area is 124 Å². The van der Waals surface area contributed by atoms with Crippen LogP contribution in [0, 0.1) is 0 Å². The van der Waals surface area contributed by atoms with E-state index in [0.29, 0.717) is 13.0 Å². The van der Waals surface area contributed by atoms with Crippen molar-refractivity contribution in [2.75, 3.05) is 18.9 Å². The van der Waals surface area contributed by atoms with Crippen LogP contribution < -0.4 is 5.73 Å². The Bertz CT molecular complexity index is 557. The number of sulfonamides is 1. The maximum atomic E-state index is 12.8. The molecule has 0 amide bonds. The molecule has 1 aromatic carbocycles. The zero-order valence-corrected chi connectivity index (χ0v) is 12.7. The second kappa shape index (κ2) is 6.30. The summed E-state index contributed by atoms with van der Waals surface area (Å²) in [5.41, 5.74) is 5.92. The zero-order valence-electron chi connectivity index (χ0n) is 11.1. The van der Waals surface area contributed by atoms with E-state index < -0.39 is 16.1 Å². The van der Waals surface area contributed by atoms with E-state index in [1.165, 1.54) is 16.4 Å². The molecule has 0 saturated carbocycles. The average Bonchev–Trinajstić information content (AvgIpc) is 2.63. The number of aliphatic hydroxyl groups excluding tert-OH is 1. The van der Waals surface area contributed by atoms with Crippen molar-refractivity contribution in [3.8, 4) is 0 Å². The van der Waals surface area contributed by atoms with Gasteiger partial charge in [0.1, 0.15) is 4.90 Å². The van der Waals surface area contributed by atoms with Crippen molar-refractivity contribution in [2.45, 2.75) is 36.6 Å². The third-order valence-corrected chi connectivity index (χ3v) is 6.09. The Hall–Kier alpha value is -0.820. The molecule has 0 aliphatic carbocycles. The number of hydrogen-bond donors (Lipinski definition) is 2. The minimum atomic E-state index is -3.79. The molecule has 1 aromatic rings. The van der Waals surface area contributed by atoms with Gasteiger partial charge in [-0.2, -0.15) is 4.31 Å². The third kappa shape index (κ3) is 2.93. The lowest BCUT2D eigenvalue weighted by molar-refractivity contribution is 0.186. The second-order valence-corrected chi connectivity index (χ2v) is 7.19. The molecule has 1 saturated heterocycles. The normalized spacial score (nSPS) is 21.6. The van der Waals surface area contributed by atoms with Crippen LogP contribution in [0.4, 0.5) is 5.69 Å². The fraction of sp³-hybridized carbons (Fsp3) is 0.538. The number of nitrogen functional groups attached to an aromatic ring is 1. The van der Waals surface area contributed by atoms with Gasteiger partial charge in [0.2, 0.25) is 10.0 Å². The molecule has 0 spiro atoms. The van der Waals surface area contributed by atoms with Crippen LogP contribution >= 0.6 is 11.6 Å². The van der Waals surface area contributed by atoms with Gasteiger partial charge >= 0.3 is 0 Å². The van der Waals surface area contributed by atoms with Gasteiger partial charge in [-0.05, 0) is 25.0 Å². The van der Waals surface area contributed by atoms with Crippen LogP contribution in [0.15, 0.2) is 23.1 Å². The second-order valence-electron chi connectivity index (χ2n) is 4.96. The monoisotopic (exact) mass is 318 g/mol. The first-order valence-corrected chi connectivity index (χ1v) is 8.47. The van der Waals surface area contributed by atoms with Gasteiger partial charge in [-0.3, -0.25) is 0 Å². The van der Waals surface area contributed by atoms with Crippen LogP contribution in [0.3, 0.4) is 0 Å². The molecule has 3 N–H and O–H groups in total. The van der Waals surface area contributed by atoms with Crippen LogP contribution in [-0.2, 0) is 10.0 Å². The molecule has 0 bridgehead atoms. The smallest absolute Gasteiger partial charge is 0.246 e. The van der Waals surface area contributed by atoms with Gasteiger partial charge in [0, 0.05) is 12.6 Å².